The van der Waals surface area contributed by atoms with Crippen LogP contribution < -0.4 is 0 Å². The summed E-state index contributed by atoms with van der Waals surface area (Å²) < 4.78 is 41.0. The molecule has 0 aliphatic carbocycles. The Morgan fingerprint density at radius 2 is 1.48 bits per heavy atom. The van der Waals surface area contributed by atoms with Gasteiger partial charge in [-0.3, -0.25) is 4.55 Å². The molecule has 0 aromatic carbocycles. The molecule has 7 nitrogen and oxygen atoms in total. The minimum atomic E-state index is -4.68. The Morgan fingerprint density at radius 3 is 2.04 bits per heavy atom. The predicted molar refractivity (Wildman–Crippen MR) is 107 cm³/mol. The van der Waals surface area contributed by atoms with Crippen molar-refractivity contribution in [1.82, 2.24) is 0 Å². The third kappa shape index (κ3) is 16.0. The molecule has 0 fully saturated rings. The van der Waals surface area contributed by atoms with Crippen molar-refractivity contribution < 1.29 is 31.2 Å². The minimum Gasteiger partial charge on any atom is -0.458 e. The number of unbranched alkanes of at least 4 members (excludes halogenated alkanes) is 7. The molecule has 0 aliphatic rings. The molecule has 0 heterocycles. The number of rotatable bonds is 17. The fraction of sp³-hybridized carbons (Fsp3) is 0.947. The quantitative estimate of drug-likeness (QED) is 0.170. The molecule has 27 heavy (non-hydrogen) atoms. The molecule has 162 valence electrons. The lowest BCUT2D eigenvalue weighted by molar-refractivity contribution is -0.890. The molecular weight excluding hydrogens is 370 g/mol. The average molecular weight is 411 g/mol. The zero-order valence-electron chi connectivity index (χ0n) is 17.6. The van der Waals surface area contributed by atoms with E-state index in [0.29, 0.717) is 13.0 Å². The summed E-state index contributed by atoms with van der Waals surface area (Å²) >= 11 is 0. The van der Waals surface area contributed by atoms with E-state index < -0.39 is 22.5 Å². The first kappa shape index (κ1) is 26.3. The summed E-state index contributed by atoms with van der Waals surface area (Å²) in [6, 6.07) is 0. The van der Waals surface area contributed by atoms with Crippen LogP contribution >= 0.6 is 0 Å². The molecule has 0 rings (SSSR count). The van der Waals surface area contributed by atoms with Gasteiger partial charge in [0.2, 0.25) is 0 Å². The second kappa shape index (κ2) is 14.3. The van der Waals surface area contributed by atoms with Gasteiger partial charge in [-0.15, -0.1) is 0 Å². The molecule has 0 aliphatic heterocycles. The number of esters is 1. The summed E-state index contributed by atoms with van der Waals surface area (Å²) in [5.74, 6) is -0.739. The van der Waals surface area contributed by atoms with E-state index in [1.54, 1.807) is 0 Å². The highest BCUT2D eigenvalue weighted by molar-refractivity contribution is 7.80. The molecule has 8 heteroatoms. The maximum atomic E-state index is 12.1. The second-order valence-electron chi connectivity index (χ2n) is 7.83. The highest BCUT2D eigenvalue weighted by atomic mass is 32.3. The average Bonchev–Trinajstić information content (AvgIpc) is 2.56. The molecule has 1 atom stereocenters. The maximum absolute atomic E-state index is 12.1. The lowest BCUT2D eigenvalue weighted by Gasteiger charge is -2.29. The van der Waals surface area contributed by atoms with Gasteiger partial charge in [-0.25, -0.2) is 8.98 Å². The summed E-state index contributed by atoms with van der Waals surface area (Å²) in [6.45, 7) is 5.98. The van der Waals surface area contributed by atoms with Crippen molar-refractivity contribution in [3.8, 4) is 0 Å². The van der Waals surface area contributed by atoms with Crippen LogP contribution in [0, 0.1) is 0 Å². The van der Waals surface area contributed by atoms with E-state index in [1.165, 1.54) is 38.5 Å². The van der Waals surface area contributed by atoms with Gasteiger partial charge in [0.1, 0.15) is 13.2 Å². The zero-order chi connectivity index (χ0) is 20.8. The third-order valence-electron chi connectivity index (χ3n) is 4.63. The number of carbonyl (C=O) groups excluding carboxylic acids is 1. The van der Waals surface area contributed by atoms with E-state index in [4.69, 9.17) is 9.29 Å². The molecule has 0 aromatic heterocycles. The van der Waals surface area contributed by atoms with Gasteiger partial charge in [-0.2, -0.15) is 8.42 Å². The molecule has 0 amide bonds. The van der Waals surface area contributed by atoms with Crippen molar-refractivity contribution in [3.63, 3.8) is 0 Å². The first-order chi connectivity index (χ1) is 12.6. The molecular formula is C19H40NO6S+. The highest BCUT2D eigenvalue weighted by Crippen LogP contribution is 2.11. The number of hydrogen-bond donors (Lipinski definition) is 1. The Bertz CT molecular complexity index is 492. The molecule has 1 N–H and O–H groups in total. The van der Waals surface area contributed by atoms with Crippen LogP contribution in [-0.2, 0) is 24.1 Å². The van der Waals surface area contributed by atoms with E-state index in [-0.39, 0.29) is 13.0 Å². The van der Waals surface area contributed by atoms with Crippen LogP contribution in [0.3, 0.4) is 0 Å². The number of nitrogens with zero attached hydrogens (tertiary/aromatic N) is 1. The molecule has 1 unspecified atom stereocenters. The Hall–Kier alpha value is -0.700. The predicted octanol–water partition coefficient (Wildman–Crippen LogP) is 3.73. The van der Waals surface area contributed by atoms with Crippen molar-refractivity contribution in [2.75, 3.05) is 33.8 Å². The third-order valence-corrected chi connectivity index (χ3v) is 5.10. The SMILES string of the molecule is CCCCCCCCC[N+](C)(C)CCOC(=O)C(CCCC)OS(=O)(=O)O. The zero-order valence-corrected chi connectivity index (χ0v) is 18.4. The van der Waals surface area contributed by atoms with Gasteiger partial charge in [0.05, 0.1) is 20.6 Å². The monoisotopic (exact) mass is 410 g/mol. The smallest absolute Gasteiger partial charge is 0.398 e. The standard InChI is InChI=1S/C19H39NO6S/c1-5-7-9-10-11-12-13-15-20(3,4)16-17-25-19(21)18(14-8-6-2)26-27(22,23)24/h18H,5-17H2,1-4H3/p+1. The van der Waals surface area contributed by atoms with Crippen LogP contribution in [-0.4, -0.2) is 63.3 Å². The fourth-order valence-corrected chi connectivity index (χ4v) is 3.30. The molecule has 0 bridgehead atoms. The summed E-state index contributed by atoms with van der Waals surface area (Å²) in [7, 11) is -0.498. The van der Waals surface area contributed by atoms with E-state index in [0.717, 1.165) is 23.9 Å². The van der Waals surface area contributed by atoms with Gasteiger partial charge < -0.3 is 9.22 Å². The summed E-state index contributed by atoms with van der Waals surface area (Å²) in [6.07, 6.45) is 9.11. The van der Waals surface area contributed by atoms with E-state index in [2.05, 4.69) is 25.2 Å². The van der Waals surface area contributed by atoms with Crippen LogP contribution in [0.4, 0.5) is 0 Å². The Kier molecular flexibility index (Phi) is 13.9. The fourth-order valence-electron chi connectivity index (χ4n) is 2.84. The molecule has 0 saturated heterocycles. The summed E-state index contributed by atoms with van der Waals surface area (Å²) in [5, 5.41) is 0. The van der Waals surface area contributed by atoms with Gasteiger partial charge in [0.15, 0.2) is 6.10 Å². The number of carbonyl (C=O) groups is 1. The first-order valence-corrected chi connectivity index (χ1v) is 11.6. The Morgan fingerprint density at radius 1 is 0.926 bits per heavy atom. The normalized spacial score (nSPS) is 13.5. The summed E-state index contributed by atoms with van der Waals surface area (Å²) in [4.78, 5) is 12.1. The van der Waals surface area contributed by atoms with Gasteiger partial charge in [-0.1, -0.05) is 58.8 Å². The molecule has 0 radical (unpaired) electrons. The Balaban J connectivity index is 4.14. The van der Waals surface area contributed by atoms with E-state index >= 15 is 0 Å². The van der Waals surface area contributed by atoms with E-state index in [9.17, 15) is 13.2 Å². The van der Waals surface area contributed by atoms with Crippen molar-refractivity contribution in [2.45, 2.75) is 84.2 Å². The van der Waals surface area contributed by atoms with Crippen molar-refractivity contribution in [3.05, 3.63) is 0 Å². The maximum Gasteiger partial charge on any atom is 0.398 e. The summed E-state index contributed by atoms with van der Waals surface area (Å²) in [5.41, 5.74) is 0. The van der Waals surface area contributed by atoms with Gasteiger partial charge in [-0.05, 0) is 19.3 Å². The lowest BCUT2D eigenvalue weighted by atomic mass is 10.1. The number of hydrogen-bond acceptors (Lipinski definition) is 5. The number of ether oxygens (including phenoxy) is 1. The van der Waals surface area contributed by atoms with E-state index in [1.807, 2.05) is 6.92 Å². The van der Waals surface area contributed by atoms with Crippen LogP contribution in [0.5, 0.6) is 0 Å². The molecule has 0 spiro atoms. The Labute approximate surface area is 166 Å². The van der Waals surface area contributed by atoms with Crippen molar-refractivity contribution in [2.24, 2.45) is 0 Å². The highest BCUT2D eigenvalue weighted by Gasteiger charge is 2.26. The van der Waals surface area contributed by atoms with Crippen LogP contribution in [0.2, 0.25) is 0 Å². The number of quaternary nitrogens is 1. The van der Waals surface area contributed by atoms with Crippen LogP contribution in [0.1, 0.15) is 78.1 Å². The molecule has 0 aromatic rings. The first-order valence-electron chi connectivity index (χ1n) is 10.3. The van der Waals surface area contributed by atoms with Gasteiger partial charge in [0, 0.05) is 0 Å². The van der Waals surface area contributed by atoms with Crippen molar-refractivity contribution in [1.29, 1.82) is 0 Å². The topological polar surface area (TPSA) is 89.9 Å². The van der Waals surface area contributed by atoms with Crippen LogP contribution in [0.25, 0.3) is 0 Å². The van der Waals surface area contributed by atoms with Gasteiger partial charge >= 0.3 is 16.4 Å². The number of likely N-dealkylation sites (N-methyl/N-ethyl adjacent to an activating group) is 1. The lowest BCUT2D eigenvalue weighted by Crippen LogP contribution is -2.43. The second-order valence-corrected chi connectivity index (χ2v) is 8.87. The minimum absolute atomic E-state index is 0.194. The van der Waals surface area contributed by atoms with Crippen molar-refractivity contribution >= 4 is 16.4 Å². The van der Waals surface area contributed by atoms with Crippen LogP contribution in [0.15, 0.2) is 0 Å². The molecule has 0 saturated carbocycles. The van der Waals surface area contributed by atoms with Gasteiger partial charge in [0.25, 0.3) is 0 Å². The largest absolute Gasteiger partial charge is 0.458 e.